The molecule has 1 saturated heterocycles. The van der Waals surface area contributed by atoms with Gasteiger partial charge in [-0.3, -0.25) is 4.90 Å². The maximum Gasteiger partial charge on any atom is 0.145 e. The molecule has 1 N–H and O–H groups in total. The van der Waals surface area contributed by atoms with Crippen LogP contribution in [-0.2, 0) is 6.54 Å². The van der Waals surface area contributed by atoms with E-state index in [9.17, 15) is 0 Å². The molecule has 1 aromatic carbocycles. The average Bonchev–Trinajstić information content (AvgIpc) is 3.09. The molecule has 23 heavy (non-hydrogen) atoms. The molecule has 4 heteroatoms. The van der Waals surface area contributed by atoms with Gasteiger partial charge in [-0.1, -0.05) is 31.4 Å². The van der Waals surface area contributed by atoms with Crippen LogP contribution in [0, 0.1) is 0 Å². The van der Waals surface area contributed by atoms with Gasteiger partial charge in [-0.25, -0.2) is 9.97 Å². The third-order valence-corrected chi connectivity index (χ3v) is 5.16. The summed E-state index contributed by atoms with van der Waals surface area (Å²) < 4.78 is 0. The number of fused-ring (bicyclic) bond motifs is 1. The highest BCUT2D eigenvalue weighted by atomic mass is 15.2. The van der Waals surface area contributed by atoms with Crippen LogP contribution in [0.5, 0.6) is 0 Å². The minimum absolute atomic E-state index is 0.571. The van der Waals surface area contributed by atoms with Crippen molar-refractivity contribution in [3.63, 3.8) is 0 Å². The van der Waals surface area contributed by atoms with E-state index in [0.29, 0.717) is 6.04 Å². The van der Waals surface area contributed by atoms with E-state index in [-0.39, 0.29) is 0 Å². The summed E-state index contributed by atoms with van der Waals surface area (Å²) in [6.07, 6.45) is 9.19. The van der Waals surface area contributed by atoms with Gasteiger partial charge in [-0.15, -0.1) is 0 Å². The largest absolute Gasteiger partial charge is 0.367 e. The third-order valence-electron chi connectivity index (χ3n) is 5.16. The Labute approximate surface area is 138 Å². The molecule has 1 saturated carbocycles. The fraction of sp³-hybridized carbons (Fsp3) is 0.579. The van der Waals surface area contributed by atoms with Gasteiger partial charge in [0.25, 0.3) is 0 Å². The molecule has 2 aliphatic rings. The molecule has 4 nitrogen and oxygen atoms in total. The minimum Gasteiger partial charge on any atom is -0.367 e. The summed E-state index contributed by atoms with van der Waals surface area (Å²) in [7, 11) is 0. The number of benzene rings is 1. The Morgan fingerprint density at radius 1 is 0.957 bits per heavy atom. The Balaban J connectivity index is 1.62. The van der Waals surface area contributed by atoms with Crippen LogP contribution in [0.25, 0.3) is 10.9 Å². The second-order valence-electron chi connectivity index (χ2n) is 6.97. The lowest BCUT2D eigenvalue weighted by Gasteiger charge is -2.24. The van der Waals surface area contributed by atoms with E-state index in [1.165, 1.54) is 58.0 Å². The second-order valence-corrected chi connectivity index (χ2v) is 6.97. The molecule has 0 spiro atoms. The van der Waals surface area contributed by atoms with Crippen molar-refractivity contribution in [3.8, 4) is 0 Å². The van der Waals surface area contributed by atoms with Crippen LogP contribution >= 0.6 is 0 Å². The quantitative estimate of drug-likeness (QED) is 0.927. The Hall–Kier alpha value is -1.68. The molecule has 2 aromatic rings. The van der Waals surface area contributed by atoms with Crippen LogP contribution < -0.4 is 5.32 Å². The Morgan fingerprint density at radius 3 is 2.57 bits per heavy atom. The highest BCUT2D eigenvalue weighted by molar-refractivity contribution is 5.89. The van der Waals surface area contributed by atoms with Crippen molar-refractivity contribution in [2.45, 2.75) is 57.5 Å². The predicted octanol–water partition coefficient (Wildman–Crippen LogP) is 3.97. The molecule has 1 aliphatic carbocycles. The van der Waals surface area contributed by atoms with E-state index >= 15 is 0 Å². The molecule has 4 rings (SSSR count). The fourth-order valence-electron chi connectivity index (χ4n) is 3.89. The van der Waals surface area contributed by atoms with E-state index in [4.69, 9.17) is 9.97 Å². The first-order valence-electron chi connectivity index (χ1n) is 9.13. The molecular formula is C19H26N4. The molecule has 1 aromatic heterocycles. The van der Waals surface area contributed by atoms with Crippen LogP contribution in [0.1, 0.15) is 50.8 Å². The van der Waals surface area contributed by atoms with Crippen molar-refractivity contribution in [2.75, 3.05) is 18.4 Å². The Kier molecular flexibility index (Phi) is 4.42. The monoisotopic (exact) mass is 310 g/mol. The minimum atomic E-state index is 0.571. The smallest absolute Gasteiger partial charge is 0.145 e. The molecule has 0 atom stereocenters. The lowest BCUT2D eigenvalue weighted by atomic mass is 9.95. The number of aromatic nitrogens is 2. The first kappa shape index (κ1) is 14.9. The number of hydrogen-bond acceptors (Lipinski definition) is 4. The van der Waals surface area contributed by atoms with Crippen molar-refractivity contribution in [1.29, 1.82) is 0 Å². The summed E-state index contributed by atoms with van der Waals surface area (Å²) in [6.45, 7) is 3.24. The number of likely N-dealkylation sites (tertiary alicyclic amines) is 1. The molecule has 0 bridgehead atoms. The summed E-state index contributed by atoms with van der Waals surface area (Å²) in [6, 6.07) is 8.97. The highest BCUT2D eigenvalue weighted by Crippen LogP contribution is 2.26. The molecule has 0 amide bonds. The van der Waals surface area contributed by atoms with Gasteiger partial charge in [0.15, 0.2) is 0 Å². The average molecular weight is 310 g/mol. The van der Waals surface area contributed by atoms with E-state index < -0.39 is 0 Å². The van der Waals surface area contributed by atoms with E-state index in [0.717, 1.165) is 29.1 Å². The summed E-state index contributed by atoms with van der Waals surface area (Å²) in [4.78, 5) is 12.2. The predicted molar refractivity (Wildman–Crippen MR) is 94.5 cm³/mol. The van der Waals surface area contributed by atoms with Gasteiger partial charge in [-0.05, 0) is 50.9 Å². The van der Waals surface area contributed by atoms with E-state index in [1.54, 1.807) is 0 Å². The highest BCUT2D eigenvalue weighted by Gasteiger charge is 2.18. The standard InChI is InChI=1S/C19H26N4/c1-2-8-15(9-3-1)20-19-16-10-4-5-11-17(16)21-18(22-19)14-23-12-6-7-13-23/h4-5,10-11,15H,1-3,6-9,12-14H2,(H,20,21,22). The number of nitrogens with zero attached hydrogens (tertiary/aromatic N) is 3. The van der Waals surface area contributed by atoms with Gasteiger partial charge in [0.05, 0.1) is 12.1 Å². The number of nitrogens with one attached hydrogen (secondary N) is 1. The van der Waals surface area contributed by atoms with Crippen LogP contribution in [-0.4, -0.2) is 34.0 Å². The first-order valence-corrected chi connectivity index (χ1v) is 9.13. The third kappa shape index (κ3) is 3.47. The van der Waals surface area contributed by atoms with Crippen molar-refractivity contribution in [3.05, 3.63) is 30.1 Å². The topological polar surface area (TPSA) is 41.1 Å². The molecule has 0 unspecified atom stereocenters. The zero-order valence-electron chi connectivity index (χ0n) is 13.8. The second kappa shape index (κ2) is 6.83. The van der Waals surface area contributed by atoms with Gasteiger partial charge in [0, 0.05) is 11.4 Å². The number of para-hydroxylation sites is 1. The SMILES string of the molecule is c1ccc2c(NC3CCCCC3)nc(CN3CCCC3)nc2c1. The molecular weight excluding hydrogens is 284 g/mol. The maximum atomic E-state index is 4.89. The van der Waals surface area contributed by atoms with Crippen LogP contribution in [0.15, 0.2) is 24.3 Å². The fourth-order valence-corrected chi connectivity index (χ4v) is 3.89. The summed E-state index contributed by atoms with van der Waals surface area (Å²) in [5, 5.41) is 4.88. The summed E-state index contributed by atoms with van der Waals surface area (Å²) in [5.74, 6) is 2.00. The maximum absolute atomic E-state index is 4.89. The van der Waals surface area contributed by atoms with Gasteiger partial charge in [0.1, 0.15) is 11.6 Å². The van der Waals surface area contributed by atoms with Crippen molar-refractivity contribution in [2.24, 2.45) is 0 Å². The number of hydrogen-bond donors (Lipinski definition) is 1. The van der Waals surface area contributed by atoms with Gasteiger partial charge in [0.2, 0.25) is 0 Å². The first-order chi connectivity index (χ1) is 11.4. The lowest BCUT2D eigenvalue weighted by Crippen LogP contribution is -2.24. The molecule has 2 heterocycles. The number of anilines is 1. The molecule has 122 valence electrons. The Bertz CT molecular complexity index is 657. The summed E-state index contributed by atoms with van der Waals surface area (Å²) in [5.41, 5.74) is 1.06. The van der Waals surface area contributed by atoms with Crippen LogP contribution in [0.2, 0.25) is 0 Å². The van der Waals surface area contributed by atoms with Crippen molar-refractivity contribution in [1.82, 2.24) is 14.9 Å². The molecule has 2 fully saturated rings. The van der Waals surface area contributed by atoms with Crippen LogP contribution in [0.4, 0.5) is 5.82 Å². The zero-order chi connectivity index (χ0) is 15.5. The normalized spacial score (nSPS) is 20.2. The summed E-state index contributed by atoms with van der Waals surface area (Å²) >= 11 is 0. The van der Waals surface area contributed by atoms with E-state index in [2.05, 4.69) is 34.5 Å². The van der Waals surface area contributed by atoms with Crippen molar-refractivity contribution >= 4 is 16.7 Å². The zero-order valence-corrected chi connectivity index (χ0v) is 13.8. The van der Waals surface area contributed by atoms with Gasteiger partial charge < -0.3 is 5.32 Å². The van der Waals surface area contributed by atoms with Gasteiger partial charge in [-0.2, -0.15) is 0 Å². The number of rotatable bonds is 4. The molecule has 1 aliphatic heterocycles. The van der Waals surface area contributed by atoms with Crippen molar-refractivity contribution < 1.29 is 0 Å². The lowest BCUT2D eigenvalue weighted by molar-refractivity contribution is 0.323. The Morgan fingerprint density at radius 2 is 1.74 bits per heavy atom. The van der Waals surface area contributed by atoms with Gasteiger partial charge >= 0.3 is 0 Å². The van der Waals surface area contributed by atoms with E-state index in [1.807, 2.05) is 0 Å². The van der Waals surface area contributed by atoms with Crippen LogP contribution in [0.3, 0.4) is 0 Å². The molecule has 0 radical (unpaired) electrons.